The number of aryl methyl sites for hydroxylation is 2. The highest BCUT2D eigenvalue weighted by atomic mass is 14.7. The molecule has 4 aliphatic carbocycles. The molecule has 28 heavy (non-hydrogen) atoms. The minimum absolute atomic E-state index is 0.741. The third kappa shape index (κ3) is 2.63. The third-order valence-corrected chi connectivity index (χ3v) is 7.85. The Morgan fingerprint density at radius 3 is 2.07 bits per heavy atom. The van der Waals surface area contributed by atoms with Crippen molar-refractivity contribution in [2.75, 3.05) is 0 Å². The summed E-state index contributed by atoms with van der Waals surface area (Å²) in [5.41, 5.74) is 7.83. The number of hydrogen-bond acceptors (Lipinski definition) is 1. The van der Waals surface area contributed by atoms with Crippen LogP contribution in [0, 0.1) is 37.5 Å². The van der Waals surface area contributed by atoms with Crippen molar-refractivity contribution in [2.45, 2.75) is 51.9 Å². The molecule has 0 N–H and O–H groups in total. The maximum absolute atomic E-state index is 5.10. The van der Waals surface area contributed by atoms with Crippen LogP contribution in [-0.2, 0) is 0 Å². The summed E-state index contributed by atoms with van der Waals surface area (Å²) < 4.78 is 0. The first-order valence-corrected chi connectivity index (χ1v) is 11.1. The van der Waals surface area contributed by atoms with Gasteiger partial charge in [0.2, 0.25) is 0 Å². The molecule has 3 aromatic rings. The minimum Gasteiger partial charge on any atom is -0.248 e. The number of aromatic nitrogens is 1. The van der Waals surface area contributed by atoms with Gasteiger partial charge in [0.25, 0.3) is 0 Å². The fourth-order valence-electron chi connectivity index (χ4n) is 7.18. The number of pyridine rings is 1. The topological polar surface area (TPSA) is 12.9 Å². The molecule has 1 heteroatoms. The van der Waals surface area contributed by atoms with E-state index in [9.17, 15) is 0 Å². The summed E-state index contributed by atoms with van der Waals surface area (Å²) in [7, 11) is 0. The fraction of sp³-hybridized carbons (Fsp3) is 0.444. The average molecular weight is 368 g/mol. The van der Waals surface area contributed by atoms with E-state index in [0.717, 1.165) is 35.3 Å². The number of benzene rings is 2. The number of para-hydroxylation sites is 1. The van der Waals surface area contributed by atoms with Gasteiger partial charge in [-0.25, -0.2) is 4.98 Å². The van der Waals surface area contributed by atoms with E-state index in [1.54, 1.807) is 5.56 Å². The number of nitrogens with zero attached hydrogens (tertiary/aromatic N) is 1. The first-order chi connectivity index (χ1) is 13.6. The standard InChI is InChI=1S/C27H29N/c1-16-7-17(2)9-20(8-16)26-15-24(23-5-3-4-6-25(23)28-26)27-21-11-18-10-19(13-21)14-22(27)12-18/h3-9,15,18-19,21-22,27H,10-14H2,1-2H3. The van der Waals surface area contributed by atoms with Gasteiger partial charge >= 0.3 is 0 Å². The predicted molar refractivity (Wildman–Crippen MR) is 116 cm³/mol. The van der Waals surface area contributed by atoms with E-state index in [0.29, 0.717) is 0 Å². The van der Waals surface area contributed by atoms with Crippen molar-refractivity contribution < 1.29 is 0 Å². The summed E-state index contributed by atoms with van der Waals surface area (Å²) >= 11 is 0. The quantitative estimate of drug-likeness (QED) is 0.472. The van der Waals surface area contributed by atoms with Crippen LogP contribution in [0.5, 0.6) is 0 Å². The SMILES string of the molecule is Cc1cc(C)cc(-c2cc(C3C4CC5CC(C4)CC3C5)c3ccccc3n2)c1. The highest BCUT2D eigenvalue weighted by Crippen LogP contribution is 2.60. The van der Waals surface area contributed by atoms with Gasteiger partial charge in [0.15, 0.2) is 0 Å². The molecule has 0 saturated heterocycles. The van der Waals surface area contributed by atoms with Crippen LogP contribution in [0.2, 0.25) is 0 Å². The summed E-state index contributed by atoms with van der Waals surface area (Å²) in [6.45, 7) is 4.38. The zero-order valence-corrected chi connectivity index (χ0v) is 17.0. The molecule has 4 saturated carbocycles. The second-order valence-corrected chi connectivity index (χ2v) is 9.95. The van der Waals surface area contributed by atoms with Gasteiger partial charge in [-0.15, -0.1) is 0 Å². The van der Waals surface area contributed by atoms with E-state index in [1.165, 1.54) is 59.7 Å². The van der Waals surface area contributed by atoms with Crippen molar-refractivity contribution in [2.24, 2.45) is 23.7 Å². The van der Waals surface area contributed by atoms with E-state index in [4.69, 9.17) is 4.98 Å². The minimum atomic E-state index is 0.741. The Morgan fingerprint density at radius 1 is 0.750 bits per heavy atom. The molecule has 1 nitrogen and oxygen atoms in total. The van der Waals surface area contributed by atoms with Gasteiger partial charge in [-0.2, -0.15) is 0 Å². The average Bonchev–Trinajstić information content (AvgIpc) is 2.66. The van der Waals surface area contributed by atoms with E-state index >= 15 is 0 Å². The highest BCUT2D eigenvalue weighted by Gasteiger charge is 2.48. The molecule has 0 aliphatic heterocycles. The summed E-state index contributed by atoms with van der Waals surface area (Å²) in [5.74, 6) is 4.57. The van der Waals surface area contributed by atoms with Crippen LogP contribution in [0.25, 0.3) is 22.2 Å². The van der Waals surface area contributed by atoms with Gasteiger partial charge in [-0.3, -0.25) is 0 Å². The molecule has 0 radical (unpaired) electrons. The maximum Gasteiger partial charge on any atom is 0.0712 e. The Hall–Kier alpha value is -2.15. The Bertz CT molecular complexity index is 1010. The molecular formula is C27H29N. The van der Waals surface area contributed by atoms with E-state index in [1.807, 2.05) is 0 Å². The molecule has 4 fully saturated rings. The normalized spacial score (nSPS) is 30.9. The van der Waals surface area contributed by atoms with Crippen molar-refractivity contribution in [3.8, 4) is 11.3 Å². The van der Waals surface area contributed by atoms with Crippen molar-refractivity contribution in [3.05, 3.63) is 65.2 Å². The van der Waals surface area contributed by atoms with Gasteiger partial charge in [0, 0.05) is 10.9 Å². The van der Waals surface area contributed by atoms with Crippen LogP contribution < -0.4 is 0 Å². The highest BCUT2D eigenvalue weighted by molar-refractivity contribution is 5.86. The van der Waals surface area contributed by atoms with Crippen molar-refractivity contribution in [3.63, 3.8) is 0 Å². The van der Waals surface area contributed by atoms with Crippen molar-refractivity contribution in [1.29, 1.82) is 0 Å². The zero-order chi connectivity index (χ0) is 18.8. The van der Waals surface area contributed by atoms with E-state index in [-0.39, 0.29) is 0 Å². The first kappa shape index (κ1) is 16.8. The lowest BCUT2D eigenvalue weighted by Gasteiger charge is -2.54. The Balaban J connectivity index is 1.54. The third-order valence-electron chi connectivity index (χ3n) is 7.85. The van der Waals surface area contributed by atoms with Gasteiger partial charge < -0.3 is 0 Å². The van der Waals surface area contributed by atoms with Crippen LogP contribution in [0.4, 0.5) is 0 Å². The number of hydrogen-bond donors (Lipinski definition) is 0. The molecule has 4 aliphatic rings. The lowest BCUT2D eigenvalue weighted by molar-refractivity contribution is -0.00230. The molecule has 7 rings (SSSR count). The summed E-state index contributed by atoms with van der Waals surface area (Å²) in [6, 6.07) is 18.2. The van der Waals surface area contributed by atoms with Crippen LogP contribution in [0.1, 0.15) is 54.7 Å². The van der Waals surface area contributed by atoms with Crippen molar-refractivity contribution >= 4 is 10.9 Å². The largest absolute Gasteiger partial charge is 0.248 e. The molecule has 1 heterocycles. The van der Waals surface area contributed by atoms with Gasteiger partial charge in [0.1, 0.15) is 0 Å². The number of fused-ring (bicyclic) bond motifs is 1. The summed E-state index contributed by atoms with van der Waals surface area (Å²) in [5, 5.41) is 1.40. The lowest BCUT2D eigenvalue weighted by atomic mass is 9.50. The van der Waals surface area contributed by atoms with Crippen LogP contribution in [0.3, 0.4) is 0 Å². The monoisotopic (exact) mass is 367 g/mol. The van der Waals surface area contributed by atoms with E-state index < -0.39 is 0 Å². The predicted octanol–water partition coefficient (Wildman–Crippen LogP) is 7.06. The van der Waals surface area contributed by atoms with Crippen LogP contribution in [-0.4, -0.2) is 4.98 Å². The molecule has 0 atom stereocenters. The Labute approximate surface area is 168 Å². The fourth-order valence-corrected chi connectivity index (χ4v) is 7.18. The van der Waals surface area contributed by atoms with Gasteiger partial charge in [0.05, 0.1) is 11.2 Å². The Kier molecular flexibility index (Phi) is 3.70. The molecule has 0 unspecified atom stereocenters. The zero-order valence-electron chi connectivity index (χ0n) is 17.0. The van der Waals surface area contributed by atoms with Gasteiger partial charge in [-0.05, 0) is 105 Å². The van der Waals surface area contributed by atoms with Crippen molar-refractivity contribution in [1.82, 2.24) is 4.98 Å². The molecule has 4 bridgehead atoms. The maximum atomic E-state index is 5.10. The number of rotatable bonds is 2. The van der Waals surface area contributed by atoms with Crippen LogP contribution in [0.15, 0.2) is 48.5 Å². The molecule has 0 spiro atoms. The molecular weight excluding hydrogens is 338 g/mol. The second-order valence-electron chi connectivity index (χ2n) is 9.95. The molecule has 2 aromatic carbocycles. The van der Waals surface area contributed by atoms with Crippen LogP contribution >= 0.6 is 0 Å². The van der Waals surface area contributed by atoms with E-state index in [2.05, 4.69) is 62.4 Å². The second kappa shape index (κ2) is 6.17. The Morgan fingerprint density at radius 2 is 1.39 bits per heavy atom. The lowest BCUT2D eigenvalue weighted by Crippen LogP contribution is -2.43. The summed E-state index contributed by atoms with van der Waals surface area (Å²) in [4.78, 5) is 5.10. The smallest absolute Gasteiger partial charge is 0.0712 e. The molecule has 0 amide bonds. The first-order valence-electron chi connectivity index (χ1n) is 11.1. The van der Waals surface area contributed by atoms with Gasteiger partial charge in [-0.1, -0.05) is 35.4 Å². The molecule has 142 valence electrons. The summed E-state index contributed by atoms with van der Waals surface area (Å²) in [6.07, 6.45) is 7.38. The molecule has 1 aromatic heterocycles.